The van der Waals surface area contributed by atoms with E-state index < -0.39 is 9.84 Å². The zero-order valence-electron chi connectivity index (χ0n) is 13.9. The summed E-state index contributed by atoms with van der Waals surface area (Å²) in [4.78, 5) is 8.39. The van der Waals surface area contributed by atoms with Crippen LogP contribution in [0.15, 0.2) is 66.0 Å². The lowest BCUT2D eigenvalue weighted by Gasteiger charge is -2.08. The summed E-state index contributed by atoms with van der Waals surface area (Å²) in [5, 5.41) is 5.43. The standard InChI is InChI=1S/C18H14ClN5O2S/c19-13-4-6-15(7-5-13)27(25,26)10-12-2-1-3-14(8-12)24-18-16(9-23-24)17(20)21-11-22-18/h1-9,11H,10H2,(H2,20,21,22). The van der Waals surface area contributed by atoms with Gasteiger partial charge in [0.25, 0.3) is 0 Å². The Hall–Kier alpha value is -2.97. The molecule has 0 bridgehead atoms. The highest BCUT2D eigenvalue weighted by Crippen LogP contribution is 2.23. The Morgan fingerprint density at radius 2 is 1.85 bits per heavy atom. The number of anilines is 1. The van der Waals surface area contributed by atoms with Crippen molar-refractivity contribution in [3.8, 4) is 5.69 Å². The fraction of sp³-hybridized carbons (Fsp3) is 0.0556. The van der Waals surface area contributed by atoms with E-state index in [2.05, 4.69) is 15.1 Å². The van der Waals surface area contributed by atoms with Crippen molar-refractivity contribution in [2.24, 2.45) is 0 Å². The highest BCUT2D eigenvalue weighted by atomic mass is 35.5. The summed E-state index contributed by atoms with van der Waals surface area (Å²) in [7, 11) is -3.50. The molecule has 2 aromatic heterocycles. The van der Waals surface area contributed by atoms with Crippen molar-refractivity contribution >= 4 is 38.3 Å². The SMILES string of the molecule is Nc1ncnc2c1cnn2-c1cccc(CS(=O)(=O)c2ccc(Cl)cc2)c1. The lowest BCUT2D eigenvalue weighted by molar-refractivity contribution is 0.595. The molecule has 4 aromatic rings. The van der Waals surface area contributed by atoms with Gasteiger partial charge in [-0.3, -0.25) is 0 Å². The summed E-state index contributed by atoms with van der Waals surface area (Å²) in [5.41, 5.74) is 7.72. The van der Waals surface area contributed by atoms with Crippen molar-refractivity contribution < 1.29 is 8.42 Å². The first-order valence-electron chi connectivity index (χ1n) is 7.96. The molecule has 2 heterocycles. The minimum atomic E-state index is -3.50. The van der Waals surface area contributed by atoms with Gasteiger partial charge in [0, 0.05) is 5.02 Å². The third-order valence-electron chi connectivity index (χ3n) is 4.08. The van der Waals surface area contributed by atoms with Gasteiger partial charge in [0.15, 0.2) is 15.5 Å². The van der Waals surface area contributed by atoms with Gasteiger partial charge in [0.2, 0.25) is 0 Å². The second-order valence-electron chi connectivity index (χ2n) is 5.94. The number of benzene rings is 2. The Balaban J connectivity index is 1.70. The Bertz CT molecular complexity index is 1240. The fourth-order valence-corrected chi connectivity index (χ4v) is 4.24. The smallest absolute Gasteiger partial charge is 0.182 e. The monoisotopic (exact) mass is 399 g/mol. The summed E-state index contributed by atoms with van der Waals surface area (Å²) in [6.45, 7) is 0. The molecule has 0 aliphatic carbocycles. The highest BCUT2D eigenvalue weighted by molar-refractivity contribution is 7.90. The van der Waals surface area contributed by atoms with Gasteiger partial charge >= 0.3 is 0 Å². The topological polar surface area (TPSA) is 104 Å². The molecular formula is C18H14ClN5O2S. The molecule has 2 N–H and O–H groups in total. The first kappa shape index (κ1) is 17.4. The number of hydrogen-bond acceptors (Lipinski definition) is 6. The number of fused-ring (bicyclic) bond motifs is 1. The van der Waals surface area contributed by atoms with Crippen molar-refractivity contribution in [1.82, 2.24) is 19.7 Å². The lowest BCUT2D eigenvalue weighted by Crippen LogP contribution is -2.06. The number of hydrogen-bond donors (Lipinski definition) is 1. The van der Waals surface area contributed by atoms with E-state index in [9.17, 15) is 8.42 Å². The van der Waals surface area contributed by atoms with Crippen molar-refractivity contribution in [1.29, 1.82) is 0 Å². The molecule has 0 spiro atoms. The zero-order chi connectivity index (χ0) is 19.0. The number of aromatic nitrogens is 4. The summed E-state index contributed by atoms with van der Waals surface area (Å²) >= 11 is 5.83. The third kappa shape index (κ3) is 3.36. The van der Waals surface area contributed by atoms with Gasteiger partial charge in [0.1, 0.15) is 12.1 Å². The molecule has 0 radical (unpaired) electrons. The Morgan fingerprint density at radius 1 is 1.07 bits per heavy atom. The van der Waals surface area contributed by atoms with Crippen LogP contribution in [-0.2, 0) is 15.6 Å². The van der Waals surface area contributed by atoms with E-state index in [0.29, 0.717) is 33.1 Å². The maximum Gasteiger partial charge on any atom is 0.182 e. The highest BCUT2D eigenvalue weighted by Gasteiger charge is 2.16. The third-order valence-corrected chi connectivity index (χ3v) is 6.04. The van der Waals surface area contributed by atoms with Crippen LogP contribution in [0.2, 0.25) is 5.02 Å². The summed E-state index contributed by atoms with van der Waals surface area (Å²) in [6.07, 6.45) is 2.95. The molecule has 0 aliphatic heterocycles. The van der Waals surface area contributed by atoms with Crippen LogP contribution in [0, 0.1) is 0 Å². The van der Waals surface area contributed by atoms with Crippen LogP contribution in [0.25, 0.3) is 16.7 Å². The first-order chi connectivity index (χ1) is 12.9. The minimum absolute atomic E-state index is 0.140. The molecule has 4 rings (SSSR count). The fourth-order valence-electron chi connectivity index (χ4n) is 2.77. The number of nitrogens with two attached hydrogens (primary N) is 1. The predicted octanol–water partition coefficient (Wildman–Crippen LogP) is 3.03. The van der Waals surface area contributed by atoms with Crippen LogP contribution in [0.1, 0.15) is 5.56 Å². The average molecular weight is 400 g/mol. The van der Waals surface area contributed by atoms with Gasteiger partial charge in [-0.05, 0) is 42.0 Å². The number of rotatable bonds is 4. The molecule has 0 amide bonds. The summed E-state index contributed by atoms with van der Waals surface area (Å²) in [6, 6.07) is 13.2. The van der Waals surface area contributed by atoms with Crippen LogP contribution in [-0.4, -0.2) is 28.2 Å². The maximum absolute atomic E-state index is 12.7. The van der Waals surface area contributed by atoms with Crippen LogP contribution in [0.3, 0.4) is 0 Å². The number of nitrogen functional groups attached to an aromatic ring is 1. The van der Waals surface area contributed by atoms with E-state index in [1.165, 1.54) is 18.5 Å². The molecule has 7 nitrogen and oxygen atoms in total. The first-order valence-corrected chi connectivity index (χ1v) is 9.99. The van der Waals surface area contributed by atoms with Gasteiger partial charge in [-0.15, -0.1) is 0 Å². The Labute approximate surface area is 160 Å². The Morgan fingerprint density at radius 3 is 2.63 bits per heavy atom. The van der Waals surface area contributed by atoms with Gasteiger partial charge in [-0.2, -0.15) is 5.10 Å². The predicted molar refractivity (Wildman–Crippen MR) is 103 cm³/mol. The average Bonchev–Trinajstić information content (AvgIpc) is 3.07. The molecule has 9 heteroatoms. The molecular weight excluding hydrogens is 386 g/mol. The quantitative estimate of drug-likeness (QED) is 0.565. The van der Waals surface area contributed by atoms with E-state index in [0.717, 1.165) is 0 Å². The summed E-state index contributed by atoms with van der Waals surface area (Å²) in [5.74, 6) is 0.200. The second kappa shape index (κ2) is 6.64. The number of nitrogens with zero attached hydrogens (tertiary/aromatic N) is 4. The number of halogens is 1. The molecule has 0 atom stereocenters. The van der Waals surface area contributed by atoms with Gasteiger partial charge in [-0.25, -0.2) is 23.1 Å². The van der Waals surface area contributed by atoms with Crippen molar-refractivity contribution in [3.05, 3.63) is 71.6 Å². The summed E-state index contributed by atoms with van der Waals surface area (Å²) < 4.78 is 26.9. The van der Waals surface area contributed by atoms with E-state index >= 15 is 0 Å². The van der Waals surface area contributed by atoms with Crippen LogP contribution >= 0.6 is 11.6 Å². The molecule has 0 saturated heterocycles. The van der Waals surface area contributed by atoms with Crippen LogP contribution in [0.5, 0.6) is 0 Å². The normalized spacial score (nSPS) is 11.7. The van der Waals surface area contributed by atoms with E-state index in [-0.39, 0.29) is 10.6 Å². The van der Waals surface area contributed by atoms with E-state index in [1.807, 2.05) is 6.07 Å². The molecule has 2 aromatic carbocycles. The van der Waals surface area contributed by atoms with Gasteiger partial charge in [0.05, 0.1) is 27.9 Å². The molecule has 27 heavy (non-hydrogen) atoms. The minimum Gasteiger partial charge on any atom is -0.383 e. The largest absolute Gasteiger partial charge is 0.383 e. The molecule has 0 fully saturated rings. The van der Waals surface area contributed by atoms with Gasteiger partial charge < -0.3 is 5.73 Å². The van der Waals surface area contributed by atoms with Crippen molar-refractivity contribution in [2.45, 2.75) is 10.6 Å². The van der Waals surface area contributed by atoms with E-state index in [1.54, 1.807) is 41.2 Å². The maximum atomic E-state index is 12.7. The van der Waals surface area contributed by atoms with Crippen LogP contribution in [0.4, 0.5) is 5.82 Å². The van der Waals surface area contributed by atoms with Crippen LogP contribution < -0.4 is 5.73 Å². The zero-order valence-corrected chi connectivity index (χ0v) is 15.5. The van der Waals surface area contributed by atoms with Crippen molar-refractivity contribution in [2.75, 3.05) is 5.73 Å². The van der Waals surface area contributed by atoms with E-state index in [4.69, 9.17) is 17.3 Å². The molecule has 0 aliphatic rings. The lowest BCUT2D eigenvalue weighted by atomic mass is 10.2. The number of sulfone groups is 1. The molecule has 0 saturated carbocycles. The Kier molecular flexibility index (Phi) is 4.29. The molecule has 136 valence electrons. The second-order valence-corrected chi connectivity index (χ2v) is 8.36. The van der Waals surface area contributed by atoms with Crippen molar-refractivity contribution in [3.63, 3.8) is 0 Å². The van der Waals surface area contributed by atoms with Gasteiger partial charge in [-0.1, -0.05) is 23.7 Å². The molecule has 0 unspecified atom stereocenters.